The van der Waals surface area contributed by atoms with E-state index in [1.54, 1.807) is 36.4 Å². The van der Waals surface area contributed by atoms with Crippen LogP contribution >= 0.6 is 23.4 Å². The van der Waals surface area contributed by atoms with Crippen molar-refractivity contribution in [2.45, 2.75) is 23.8 Å². The average Bonchev–Trinajstić information content (AvgIpc) is 3.38. The molecule has 2 heterocycles. The third kappa shape index (κ3) is 4.58. The molecule has 0 N–H and O–H groups in total. The number of hydrogen-bond donors (Lipinski definition) is 0. The number of fused-ring (bicyclic) bond motifs is 1. The number of halogens is 2. The maximum absolute atomic E-state index is 13.6. The molecule has 4 aromatic rings. The summed E-state index contributed by atoms with van der Waals surface area (Å²) in [6.07, 6.45) is 2.01. The number of aromatic nitrogens is 2. The molecule has 3 aromatic carbocycles. The zero-order valence-electron chi connectivity index (χ0n) is 18.2. The molecule has 1 aromatic heterocycles. The molecule has 1 amide bonds. The molecule has 0 bridgehead atoms. The van der Waals surface area contributed by atoms with Crippen molar-refractivity contribution in [2.75, 3.05) is 13.1 Å². The molecule has 5 rings (SSSR count). The van der Waals surface area contributed by atoms with E-state index in [1.165, 1.54) is 28.5 Å². The lowest BCUT2D eigenvalue weighted by Gasteiger charge is -2.16. The van der Waals surface area contributed by atoms with Gasteiger partial charge in [0.15, 0.2) is 5.16 Å². The van der Waals surface area contributed by atoms with Gasteiger partial charge >= 0.3 is 0 Å². The predicted molar refractivity (Wildman–Crippen MR) is 133 cm³/mol. The monoisotopic (exact) mass is 493 g/mol. The van der Waals surface area contributed by atoms with E-state index in [1.807, 2.05) is 23.1 Å². The van der Waals surface area contributed by atoms with Crippen LogP contribution in [0.25, 0.3) is 16.6 Å². The van der Waals surface area contributed by atoms with E-state index in [9.17, 15) is 14.0 Å². The SMILES string of the molecule is O=C(c1ccc2c(=O)n(-c3ccc(F)cc3)c(SCc3cccc(Cl)c3)nc2c1)N1CCCC1. The molecular weight excluding hydrogens is 473 g/mol. The first-order chi connectivity index (χ1) is 16.5. The highest BCUT2D eigenvalue weighted by molar-refractivity contribution is 7.98. The fourth-order valence-corrected chi connectivity index (χ4v) is 5.26. The minimum absolute atomic E-state index is 0.0444. The smallest absolute Gasteiger partial charge is 0.266 e. The van der Waals surface area contributed by atoms with E-state index in [4.69, 9.17) is 16.6 Å². The van der Waals surface area contributed by atoms with Crippen LogP contribution in [-0.4, -0.2) is 33.4 Å². The Balaban J connectivity index is 1.60. The number of carbonyl (C=O) groups excluding carboxylic acids is 1. The Bertz CT molecular complexity index is 1430. The van der Waals surface area contributed by atoms with Gasteiger partial charge in [0.05, 0.1) is 16.6 Å². The zero-order valence-corrected chi connectivity index (χ0v) is 19.8. The summed E-state index contributed by atoms with van der Waals surface area (Å²) in [4.78, 5) is 33.0. The van der Waals surface area contributed by atoms with E-state index in [-0.39, 0.29) is 17.3 Å². The van der Waals surface area contributed by atoms with E-state index in [0.717, 1.165) is 31.5 Å². The molecule has 1 saturated heterocycles. The standard InChI is InChI=1S/C26H21ClFN3O2S/c27-19-5-3-4-17(14-19)16-34-26-29-23-15-18(24(32)30-12-1-2-13-30)6-11-22(23)25(33)31(26)21-9-7-20(28)8-10-21/h3-11,14-15H,1-2,12-13,16H2. The highest BCUT2D eigenvalue weighted by atomic mass is 35.5. The number of amides is 1. The average molecular weight is 494 g/mol. The van der Waals surface area contributed by atoms with E-state index in [0.29, 0.717) is 38.1 Å². The van der Waals surface area contributed by atoms with Crippen molar-refractivity contribution in [3.8, 4) is 5.69 Å². The highest BCUT2D eigenvalue weighted by Gasteiger charge is 2.21. The van der Waals surface area contributed by atoms with Crippen molar-refractivity contribution in [1.82, 2.24) is 14.5 Å². The third-order valence-electron chi connectivity index (χ3n) is 5.82. The third-order valence-corrected chi connectivity index (χ3v) is 7.07. The fraction of sp³-hybridized carbons (Fsp3) is 0.192. The van der Waals surface area contributed by atoms with Crippen LogP contribution in [0.15, 0.2) is 76.7 Å². The second-order valence-electron chi connectivity index (χ2n) is 8.16. The van der Waals surface area contributed by atoms with E-state index >= 15 is 0 Å². The van der Waals surface area contributed by atoms with Gasteiger partial charge in [0.1, 0.15) is 5.82 Å². The predicted octanol–water partition coefficient (Wildman–Crippen LogP) is 5.71. The second-order valence-corrected chi connectivity index (χ2v) is 9.54. The molecule has 0 unspecified atom stereocenters. The Morgan fingerprint density at radius 3 is 2.53 bits per heavy atom. The van der Waals surface area contributed by atoms with Gasteiger partial charge in [-0.2, -0.15) is 0 Å². The van der Waals surface area contributed by atoms with Gasteiger partial charge in [-0.1, -0.05) is 35.5 Å². The van der Waals surface area contributed by atoms with Gasteiger partial charge in [-0.3, -0.25) is 14.2 Å². The number of hydrogen-bond acceptors (Lipinski definition) is 4. The normalized spacial score (nSPS) is 13.5. The van der Waals surface area contributed by atoms with Crippen LogP contribution in [-0.2, 0) is 5.75 Å². The van der Waals surface area contributed by atoms with E-state index in [2.05, 4.69) is 0 Å². The van der Waals surface area contributed by atoms with Crippen LogP contribution in [0.4, 0.5) is 4.39 Å². The number of carbonyl (C=O) groups is 1. The van der Waals surface area contributed by atoms with Crippen LogP contribution in [0, 0.1) is 5.82 Å². The van der Waals surface area contributed by atoms with Crippen molar-refractivity contribution in [3.05, 3.63) is 99.1 Å². The van der Waals surface area contributed by atoms with Crippen LogP contribution in [0.5, 0.6) is 0 Å². The van der Waals surface area contributed by atoms with E-state index < -0.39 is 0 Å². The van der Waals surface area contributed by atoms with Crippen molar-refractivity contribution in [3.63, 3.8) is 0 Å². The Labute approximate surface area is 205 Å². The molecule has 0 aliphatic carbocycles. The van der Waals surface area contributed by atoms with Crippen molar-refractivity contribution in [2.24, 2.45) is 0 Å². The first-order valence-corrected chi connectivity index (χ1v) is 12.4. The maximum Gasteiger partial charge on any atom is 0.266 e. The molecule has 0 radical (unpaired) electrons. The number of thioether (sulfide) groups is 1. The lowest BCUT2D eigenvalue weighted by atomic mass is 10.1. The minimum atomic E-state index is -0.385. The summed E-state index contributed by atoms with van der Waals surface area (Å²) in [7, 11) is 0. The summed E-state index contributed by atoms with van der Waals surface area (Å²) in [5.74, 6) is 0.104. The van der Waals surface area contributed by atoms with Gasteiger partial charge < -0.3 is 4.90 Å². The summed E-state index contributed by atoms with van der Waals surface area (Å²) in [5, 5.41) is 1.48. The van der Waals surface area contributed by atoms with Gasteiger partial charge in [0.2, 0.25) is 0 Å². The number of nitrogens with zero attached hydrogens (tertiary/aromatic N) is 3. The number of rotatable bonds is 5. The molecule has 172 valence electrons. The second kappa shape index (κ2) is 9.60. The molecule has 1 fully saturated rings. The first-order valence-electron chi connectivity index (χ1n) is 11.0. The van der Waals surface area contributed by atoms with Crippen molar-refractivity contribution in [1.29, 1.82) is 0 Å². The van der Waals surface area contributed by atoms with Crippen molar-refractivity contribution >= 4 is 40.2 Å². The molecule has 0 saturated carbocycles. The Morgan fingerprint density at radius 1 is 1.03 bits per heavy atom. The molecule has 34 heavy (non-hydrogen) atoms. The largest absolute Gasteiger partial charge is 0.339 e. The van der Waals surface area contributed by atoms with Crippen molar-refractivity contribution < 1.29 is 9.18 Å². The molecule has 1 aliphatic rings. The summed E-state index contributed by atoms with van der Waals surface area (Å²) in [5.41, 5.74) is 2.21. The molecule has 0 atom stereocenters. The quantitative estimate of drug-likeness (QED) is 0.264. The van der Waals surface area contributed by atoms with Gasteiger partial charge in [0, 0.05) is 29.4 Å². The number of likely N-dealkylation sites (tertiary alicyclic amines) is 1. The zero-order chi connectivity index (χ0) is 23.7. The van der Waals surface area contributed by atoms with Crippen LogP contribution in [0.3, 0.4) is 0 Å². The Hall–Kier alpha value is -3.16. The molecule has 5 nitrogen and oxygen atoms in total. The fourth-order valence-electron chi connectivity index (χ4n) is 4.09. The van der Waals surface area contributed by atoms with Gasteiger partial charge in [-0.25, -0.2) is 9.37 Å². The van der Waals surface area contributed by atoms with Gasteiger partial charge in [0.25, 0.3) is 11.5 Å². The first kappa shape index (κ1) is 22.6. The lowest BCUT2D eigenvalue weighted by Crippen LogP contribution is -2.28. The van der Waals surface area contributed by atoms with Gasteiger partial charge in [-0.15, -0.1) is 0 Å². The highest BCUT2D eigenvalue weighted by Crippen LogP contribution is 2.26. The lowest BCUT2D eigenvalue weighted by molar-refractivity contribution is 0.0793. The molecular formula is C26H21ClFN3O2S. The Morgan fingerprint density at radius 2 is 1.79 bits per heavy atom. The number of benzene rings is 3. The molecule has 0 spiro atoms. The Kier molecular flexibility index (Phi) is 6.39. The summed E-state index contributed by atoms with van der Waals surface area (Å²) >= 11 is 7.50. The van der Waals surface area contributed by atoms with Crippen LogP contribution < -0.4 is 5.56 Å². The molecule has 8 heteroatoms. The van der Waals surface area contributed by atoms with Gasteiger partial charge in [-0.05, 0) is 73.0 Å². The maximum atomic E-state index is 13.6. The molecule has 1 aliphatic heterocycles. The van der Waals surface area contributed by atoms with Crippen LogP contribution in [0.1, 0.15) is 28.8 Å². The minimum Gasteiger partial charge on any atom is -0.339 e. The summed E-state index contributed by atoms with van der Waals surface area (Å²) < 4.78 is 15.0. The summed E-state index contributed by atoms with van der Waals surface area (Å²) in [6.45, 7) is 1.49. The summed E-state index contributed by atoms with van der Waals surface area (Å²) in [6, 6.07) is 18.2. The van der Waals surface area contributed by atoms with Crippen LogP contribution in [0.2, 0.25) is 5.02 Å². The topological polar surface area (TPSA) is 55.2 Å².